The number of alkyl halides is 5. The highest BCUT2D eigenvalue weighted by molar-refractivity contribution is 7.45. The van der Waals surface area contributed by atoms with Gasteiger partial charge >= 0.3 is 20.2 Å². The number of hydrogen-bond acceptors (Lipinski definition) is 3. The molecule has 0 aromatic heterocycles. The van der Waals surface area contributed by atoms with Crippen molar-refractivity contribution in [3.63, 3.8) is 0 Å². The maximum atomic E-state index is 11.5. The lowest BCUT2D eigenvalue weighted by Crippen LogP contribution is -2.38. The zero-order valence-corrected chi connectivity index (χ0v) is 5.83. The highest BCUT2D eigenvalue weighted by Crippen LogP contribution is 2.49. The third-order valence-electron chi connectivity index (χ3n) is 0.554. The maximum Gasteiger partial charge on any atom is 0.483 e. The largest absolute Gasteiger partial charge is 0.753 e. The third-order valence-corrected chi connectivity index (χ3v) is 1.00. The average Bonchev–Trinajstić information content (AvgIpc) is 1.52. The normalized spacial score (nSPS) is 18.9. The van der Waals surface area contributed by atoms with E-state index in [2.05, 4.69) is 0 Å². The molecule has 0 rings (SSSR count). The molecule has 74 valence electrons. The first kappa shape index (κ1) is 11.7. The van der Waals surface area contributed by atoms with Gasteiger partial charge in [-0.2, -0.15) is 26.1 Å². The fourth-order valence-electron chi connectivity index (χ4n) is 0.189. The maximum absolute atomic E-state index is 11.5. The molecule has 0 amide bonds. The van der Waals surface area contributed by atoms with Crippen LogP contribution in [0, 0.1) is 0 Å². The van der Waals surface area contributed by atoms with Crippen molar-refractivity contribution in [1.29, 1.82) is 0 Å². The van der Waals surface area contributed by atoms with E-state index in [9.17, 15) is 35.6 Å². The number of hydrogen-bond donors (Lipinski definition) is 0. The topological polar surface area (TPSA) is 49.4 Å². The molecule has 0 fully saturated rings. The van der Waals surface area contributed by atoms with Crippen molar-refractivity contribution in [2.45, 2.75) is 12.3 Å². The fourth-order valence-corrected chi connectivity index (χ4v) is 0.566. The van der Waals surface area contributed by atoms with Gasteiger partial charge in [0.05, 0.1) is 0 Å². The van der Waals surface area contributed by atoms with Crippen molar-refractivity contribution >= 4 is 7.91 Å². The second kappa shape index (κ2) is 2.90. The van der Waals surface area contributed by atoms with Gasteiger partial charge in [-0.25, -0.2) is 4.52 Å². The average molecular weight is 217 g/mol. The Balaban J connectivity index is 4.56. The van der Waals surface area contributed by atoms with E-state index in [1.165, 1.54) is 0 Å². The molecule has 0 aliphatic carbocycles. The molecule has 0 radical (unpaired) electrons. The van der Waals surface area contributed by atoms with Gasteiger partial charge in [0, 0.05) is 0 Å². The Morgan fingerprint density at radius 3 is 1.58 bits per heavy atom. The van der Waals surface area contributed by atoms with Gasteiger partial charge in [0.1, 0.15) is 0 Å². The lowest BCUT2D eigenvalue weighted by Gasteiger charge is -2.22. The Labute approximate surface area is 61.6 Å². The van der Waals surface area contributed by atoms with Crippen molar-refractivity contribution in [3.8, 4) is 0 Å². The minimum atomic E-state index is -6.60. The molecule has 3 nitrogen and oxygen atoms in total. The van der Waals surface area contributed by atoms with Crippen molar-refractivity contribution in [3.05, 3.63) is 0 Å². The molecular weight excluding hydrogens is 217 g/mol. The zero-order valence-electron chi connectivity index (χ0n) is 4.94. The molecule has 1 unspecified atom stereocenters. The van der Waals surface area contributed by atoms with E-state index >= 15 is 0 Å². The summed E-state index contributed by atoms with van der Waals surface area (Å²) >= 11 is 0. The summed E-state index contributed by atoms with van der Waals surface area (Å²) in [4.78, 5) is 9.25. The van der Waals surface area contributed by atoms with E-state index < -0.39 is 20.2 Å². The minimum absolute atomic E-state index is 1.86. The van der Waals surface area contributed by atoms with Crippen molar-refractivity contribution in [1.82, 2.24) is 0 Å². The van der Waals surface area contributed by atoms with Crippen LogP contribution in [0.3, 0.4) is 0 Å². The van der Waals surface area contributed by atoms with Gasteiger partial charge < -0.3 is 4.89 Å². The van der Waals surface area contributed by atoms with Gasteiger partial charge in [-0.05, 0) is 0 Å². The van der Waals surface area contributed by atoms with Gasteiger partial charge in [-0.3, -0.25) is 4.57 Å². The number of rotatable bonds is 2. The zero-order chi connectivity index (χ0) is 10.2. The van der Waals surface area contributed by atoms with Crippen LogP contribution in [0.4, 0.5) is 26.1 Å². The summed E-state index contributed by atoms with van der Waals surface area (Å²) < 4.78 is 78.5. The summed E-state index contributed by atoms with van der Waals surface area (Å²) in [6, 6.07) is 0. The van der Waals surface area contributed by atoms with Gasteiger partial charge in [-0.1, -0.05) is 0 Å². The van der Waals surface area contributed by atoms with E-state index in [1.54, 1.807) is 0 Å². The Kier molecular flexibility index (Phi) is 2.83. The molecule has 0 bridgehead atoms. The molecule has 0 aromatic carbocycles. The second-order valence-electron chi connectivity index (χ2n) is 1.54. The van der Waals surface area contributed by atoms with E-state index in [-0.39, 0.29) is 0 Å². The van der Waals surface area contributed by atoms with Gasteiger partial charge in [0.25, 0.3) is 0 Å². The van der Waals surface area contributed by atoms with Crippen LogP contribution in [-0.2, 0) is 9.09 Å². The van der Waals surface area contributed by atoms with E-state index in [1.807, 2.05) is 4.52 Å². The number of halogens is 6. The summed E-state index contributed by atoms with van der Waals surface area (Å²) in [7, 11) is -6.60. The molecule has 0 heterocycles. The molecule has 0 aromatic rings. The van der Waals surface area contributed by atoms with Crippen LogP contribution in [0.1, 0.15) is 0 Å². The van der Waals surface area contributed by atoms with Crippen molar-refractivity contribution in [2.75, 3.05) is 0 Å². The van der Waals surface area contributed by atoms with E-state index in [4.69, 9.17) is 0 Å². The van der Waals surface area contributed by atoms with Crippen LogP contribution in [0.5, 0.6) is 0 Å². The monoisotopic (exact) mass is 217 g/mol. The summed E-state index contributed by atoms with van der Waals surface area (Å²) in [5, 5.41) is 0. The Morgan fingerprint density at radius 1 is 1.17 bits per heavy atom. The van der Waals surface area contributed by atoms with Gasteiger partial charge in [0.15, 0.2) is 0 Å². The molecule has 1 atom stereocenters. The highest BCUT2D eigenvalue weighted by Gasteiger charge is 2.61. The molecule has 0 saturated carbocycles. The molecule has 0 N–H and O–H groups in total. The molecule has 10 heteroatoms. The smallest absolute Gasteiger partial charge is 0.483 e. The predicted octanol–water partition coefficient (Wildman–Crippen LogP) is 1.60. The standard InChI is InChI=1S/C2HF6O3P/c3-1(4,5)2(6,7)11-12(8,9)10/h(H,9,10)/p-1. The Hall–Kier alpha value is -0.270. The SMILES string of the molecule is O=P([O-])(F)OC(F)(F)C(F)(F)F. The molecule has 0 aliphatic rings. The predicted molar refractivity (Wildman–Crippen MR) is 20.8 cm³/mol. The lowest BCUT2D eigenvalue weighted by atomic mass is 10.6. The van der Waals surface area contributed by atoms with Gasteiger partial charge in [-0.15, -0.1) is 0 Å². The summed E-state index contributed by atoms with van der Waals surface area (Å²) in [5.74, 6) is 0. The highest BCUT2D eigenvalue weighted by atomic mass is 31.2. The summed E-state index contributed by atoms with van der Waals surface area (Å²) in [6.07, 6.45) is -12.3. The Morgan fingerprint density at radius 2 is 1.50 bits per heavy atom. The first-order valence-corrected chi connectivity index (χ1v) is 3.55. The second-order valence-corrected chi connectivity index (χ2v) is 2.58. The Bertz CT molecular complexity index is 203. The fraction of sp³-hybridized carbons (Fsp3) is 1.00. The van der Waals surface area contributed by atoms with E-state index in [0.29, 0.717) is 0 Å². The van der Waals surface area contributed by atoms with Crippen LogP contribution in [0.25, 0.3) is 0 Å². The summed E-state index contributed by atoms with van der Waals surface area (Å²) in [6.45, 7) is 0. The lowest BCUT2D eigenvalue weighted by molar-refractivity contribution is -0.377. The molecular formula is C2F6O3P-. The minimum Gasteiger partial charge on any atom is -0.753 e. The van der Waals surface area contributed by atoms with Crippen LogP contribution in [-0.4, -0.2) is 12.3 Å². The van der Waals surface area contributed by atoms with Crippen molar-refractivity contribution in [2.24, 2.45) is 0 Å². The van der Waals surface area contributed by atoms with E-state index in [0.717, 1.165) is 0 Å². The third kappa shape index (κ3) is 3.42. The van der Waals surface area contributed by atoms with Crippen LogP contribution < -0.4 is 4.89 Å². The molecule has 0 aliphatic heterocycles. The van der Waals surface area contributed by atoms with Crippen molar-refractivity contribution < 1.29 is 40.1 Å². The van der Waals surface area contributed by atoms with Crippen LogP contribution in [0.2, 0.25) is 0 Å². The molecule has 0 spiro atoms. The first-order valence-electron chi connectivity index (χ1n) is 2.12. The first-order chi connectivity index (χ1) is 4.96. The quantitative estimate of drug-likeness (QED) is 0.521. The van der Waals surface area contributed by atoms with Crippen LogP contribution in [0.15, 0.2) is 0 Å². The van der Waals surface area contributed by atoms with Crippen LogP contribution >= 0.6 is 7.91 Å². The molecule has 12 heavy (non-hydrogen) atoms. The van der Waals surface area contributed by atoms with Gasteiger partial charge in [0.2, 0.25) is 0 Å². The molecule has 0 saturated heterocycles. The summed E-state index contributed by atoms with van der Waals surface area (Å²) in [5.41, 5.74) is 0.